The summed E-state index contributed by atoms with van der Waals surface area (Å²) in [5, 5.41) is 13.2. The van der Waals surface area contributed by atoms with Gasteiger partial charge in [-0.2, -0.15) is 0 Å². The smallest absolute Gasteiger partial charge is 0.290 e. The maximum Gasteiger partial charge on any atom is 0.290 e. The number of aryl methyl sites for hydroxylation is 1. The number of halogens is 1. The van der Waals surface area contributed by atoms with Crippen LogP contribution in [0.15, 0.2) is 69.9 Å². The molecule has 2 aromatic heterocycles. The Morgan fingerprint density at radius 2 is 2.00 bits per heavy atom. The van der Waals surface area contributed by atoms with E-state index in [0.717, 1.165) is 16.0 Å². The van der Waals surface area contributed by atoms with E-state index < -0.39 is 23.5 Å². The number of furan rings is 1. The van der Waals surface area contributed by atoms with Crippen LogP contribution in [0.1, 0.15) is 32.6 Å². The second-order valence-corrected chi connectivity index (χ2v) is 8.20. The Labute approximate surface area is 176 Å². The lowest BCUT2D eigenvalue weighted by atomic mass is 9.98. The highest BCUT2D eigenvalue weighted by atomic mass is 35.5. The van der Waals surface area contributed by atoms with Crippen LogP contribution in [-0.2, 0) is 11.2 Å². The van der Waals surface area contributed by atoms with Crippen molar-refractivity contribution in [3.8, 4) is 0 Å². The summed E-state index contributed by atoms with van der Waals surface area (Å²) in [6, 6.07) is 11.8. The van der Waals surface area contributed by atoms with E-state index in [4.69, 9.17) is 16.0 Å². The predicted octanol–water partition coefficient (Wildman–Crippen LogP) is 5.12. The largest absolute Gasteiger partial charge is 0.503 e. The van der Waals surface area contributed by atoms with E-state index in [1.807, 2.05) is 30.5 Å². The number of thiophene rings is 1. The van der Waals surface area contributed by atoms with Gasteiger partial charge in [0.2, 0.25) is 5.78 Å². The van der Waals surface area contributed by atoms with Gasteiger partial charge in [0.15, 0.2) is 11.5 Å². The van der Waals surface area contributed by atoms with Crippen molar-refractivity contribution in [2.24, 2.45) is 0 Å². The first kappa shape index (κ1) is 19.5. The first-order valence-electron chi connectivity index (χ1n) is 9.08. The van der Waals surface area contributed by atoms with E-state index in [2.05, 4.69) is 0 Å². The highest BCUT2D eigenvalue weighted by Gasteiger charge is 2.45. The lowest BCUT2D eigenvalue weighted by molar-refractivity contribution is -0.129. The van der Waals surface area contributed by atoms with Gasteiger partial charge in [-0.15, -0.1) is 11.3 Å². The van der Waals surface area contributed by atoms with E-state index in [-0.39, 0.29) is 11.3 Å². The van der Waals surface area contributed by atoms with Crippen LogP contribution in [0.4, 0.5) is 0 Å². The Bertz CT molecular complexity index is 1080. The van der Waals surface area contributed by atoms with E-state index >= 15 is 0 Å². The first-order valence-corrected chi connectivity index (χ1v) is 10.3. The number of hydrogen-bond acceptors (Lipinski definition) is 5. The summed E-state index contributed by atoms with van der Waals surface area (Å²) in [6.07, 6.45) is 1.96. The van der Waals surface area contributed by atoms with Gasteiger partial charge in [0.1, 0.15) is 6.04 Å². The zero-order valence-electron chi connectivity index (χ0n) is 15.6. The van der Waals surface area contributed by atoms with Crippen LogP contribution in [0.3, 0.4) is 0 Å². The standard InChI is InChI=1S/C22H18ClNO4S/c1-13-9-12-29-21(13)18-17(19(25)16-3-2-11-28-16)20(26)22(27)24(18)10-8-14-4-6-15(23)7-5-14/h2-7,9,11-12,18,26H,8,10H2,1H3. The van der Waals surface area contributed by atoms with Crippen LogP contribution < -0.4 is 0 Å². The number of amides is 1. The summed E-state index contributed by atoms with van der Waals surface area (Å²) >= 11 is 7.40. The van der Waals surface area contributed by atoms with Crippen LogP contribution in [0.5, 0.6) is 0 Å². The second-order valence-electron chi connectivity index (χ2n) is 6.81. The lowest BCUT2D eigenvalue weighted by Gasteiger charge is -2.26. The number of rotatable bonds is 6. The third kappa shape index (κ3) is 3.61. The number of nitrogens with zero attached hydrogens (tertiary/aromatic N) is 1. The van der Waals surface area contributed by atoms with Crippen LogP contribution in [0.25, 0.3) is 0 Å². The lowest BCUT2D eigenvalue weighted by Crippen LogP contribution is -2.33. The van der Waals surface area contributed by atoms with Crippen LogP contribution in [0, 0.1) is 6.92 Å². The molecule has 1 aliphatic heterocycles. The molecule has 1 amide bonds. The zero-order chi connectivity index (χ0) is 20.5. The maximum atomic E-state index is 13.0. The normalized spacial score (nSPS) is 16.7. The number of carbonyl (C=O) groups is 2. The molecule has 1 aromatic carbocycles. The van der Waals surface area contributed by atoms with Crippen molar-refractivity contribution < 1.29 is 19.1 Å². The highest BCUT2D eigenvalue weighted by molar-refractivity contribution is 7.10. The number of benzene rings is 1. The molecule has 0 aliphatic carbocycles. The van der Waals surface area contributed by atoms with Crippen molar-refractivity contribution in [3.05, 3.63) is 92.2 Å². The van der Waals surface area contributed by atoms with Gasteiger partial charge in [-0.05, 0) is 60.2 Å². The topological polar surface area (TPSA) is 70.7 Å². The van der Waals surface area contributed by atoms with Crippen molar-refractivity contribution in [2.45, 2.75) is 19.4 Å². The van der Waals surface area contributed by atoms with Gasteiger partial charge < -0.3 is 14.4 Å². The molecule has 0 saturated heterocycles. The summed E-state index contributed by atoms with van der Waals surface area (Å²) in [4.78, 5) is 28.3. The molecule has 1 atom stereocenters. The molecule has 0 fully saturated rings. The molecule has 3 heterocycles. The van der Waals surface area contributed by atoms with E-state index in [1.54, 1.807) is 23.1 Å². The van der Waals surface area contributed by atoms with Crippen LogP contribution >= 0.6 is 22.9 Å². The number of aliphatic hydroxyl groups is 1. The summed E-state index contributed by atoms with van der Waals surface area (Å²) in [5.41, 5.74) is 2.03. The van der Waals surface area contributed by atoms with Gasteiger partial charge in [-0.25, -0.2) is 0 Å². The number of ketones is 1. The molecular weight excluding hydrogens is 410 g/mol. The molecule has 5 nitrogen and oxygen atoms in total. The molecule has 3 aromatic rings. The Kier molecular flexibility index (Phi) is 5.30. The van der Waals surface area contributed by atoms with Gasteiger partial charge in [-0.3, -0.25) is 9.59 Å². The summed E-state index contributed by atoms with van der Waals surface area (Å²) in [7, 11) is 0. The summed E-state index contributed by atoms with van der Waals surface area (Å²) < 4.78 is 5.23. The number of hydrogen-bond donors (Lipinski definition) is 1. The average molecular weight is 428 g/mol. The molecule has 0 bridgehead atoms. The van der Waals surface area contributed by atoms with E-state index in [1.165, 1.54) is 23.7 Å². The molecule has 29 heavy (non-hydrogen) atoms. The monoisotopic (exact) mass is 427 g/mol. The Balaban J connectivity index is 1.69. The Morgan fingerprint density at radius 1 is 1.24 bits per heavy atom. The quantitative estimate of drug-likeness (QED) is 0.554. The Hall–Kier alpha value is -2.83. The molecule has 4 rings (SSSR count). The number of carbonyl (C=O) groups excluding carboxylic acids is 2. The summed E-state index contributed by atoms with van der Waals surface area (Å²) in [6.45, 7) is 2.28. The number of Topliss-reactive ketones (excluding diaryl/α,β-unsaturated/α-hetero) is 1. The molecule has 1 aliphatic rings. The molecule has 148 valence electrons. The molecular formula is C22H18ClNO4S. The molecule has 0 radical (unpaired) electrons. The fraction of sp³-hybridized carbons (Fsp3) is 0.182. The van der Waals surface area contributed by atoms with Gasteiger partial charge in [0.25, 0.3) is 5.91 Å². The minimum Gasteiger partial charge on any atom is -0.503 e. The SMILES string of the molecule is Cc1ccsc1C1C(C(=O)c2ccco2)=C(O)C(=O)N1CCc1ccc(Cl)cc1. The highest BCUT2D eigenvalue weighted by Crippen LogP contribution is 2.42. The van der Waals surface area contributed by atoms with Crippen LogP contribution in [-0.4, -0.2) is 28.2 Å². The minimum atomic E-state index is -0.646. The van der Waals surface area contributed by atoms with E-state index in [9.17, 15) is 14.7 Å². The number of aliphatic hydroxyl groups excluding tert-OH is 1. The fourth-order valence-corrected chi connectivity index (χ4v) is 4.67. The zero-order valence-corrected chi connectivity index (χ0v) is 17.2. The predicted molar refractivity (Wildman–Crippen MR) is 111 cm³/mol. The van der Waals surface area contributed by atoms with Crippen molar-refractivity contribution in [3.63, 3.8) is 0 Å². The van der Waals surface area contributed by atoms with Crippen molar-refractivity contribution >= 4 is 34.6 Å². The second kappa shape index (κ2) is 7.89. The van der Waals surface area contributed by atoms with Crippen molar-refractivity contribution in [2.75, 3.05) is 6.54 Å². The molecule has 0 spiro atoms. The third-order valence-corrected chi connectivity index (χ3v) is 6.32. The maximum absolute atomic E-state index is 13.0. The average Bonchev–Trinajstić information content (AvgIpc) is 3.43. The van der Waals surface area contributed by atoms with Gasteiger partial charge in [0.05, 0.1) is 11.8 Å². The molecule has 0 saturated carbocycles. The van der Waals surface area contributed by atoms with Crippen LogP contribution in [0.2, 0.25) is 5.02 Å². The van der Waals surface area contributed by atoms with Crippen molar-refractivity contribution in [1.82, 2.24) is 4.90 Å². The van der Waals surface area contributed by atoms with Crippen molar-refractivity contribution in [1.29, 1.82) is 0 Å². The molecule has 7 heteroatoms. The van der Waals surface area contributed by atoms with E-state index in [0.29, 0.717) is 18.0 Å². The van der Waals surface area contributed by atoms with Gasteiger partial charge in [-0.1, -0.05) is 23.7 Å². The summed E-state index contributed by atoms with van der Waals surface area (Å²) in [5.74, 6) is -1.45. The van der Waals surface area contributed by atoms with Gasteiger partial charge >= 0.3 is 0 Å². The fourth-order valence-electron chi connectivity index (χ4n) is 3.49. The third-order valence-electron chi connectivity index (χ3n) is 5.00. The molecule has 1 unspecified atom stereocenters. The first-order chi connectivity index (χ1) is 14.0. The minimum absolute atomic E-state index is 0.0617. The molecule has 1 N–H and O–H groups in total. The Morgan fingerprint density at radius 3 is 2.62 bits per heavy atom. The van der Waals surface area contributed by atoms with Gasteiger partial charge in [0, 0.05) is 16.4 Å².